The molecule has 1 aromatic carbocycles. The van der Waals surface area contributed by atoms with Gasteiger partial charge in [-0.25, -0.2) is 13.6 Å². The number of benzene rings is 1. The molecule has 2 N–H and O–H groups in total. The molecule has 8 heteroatoms. The van der Waals surface area contributed by atoms with Crippen molar-refractivity contribution in [1.82, 2.24) is 4.90 Å². The third-order valence-electron chi connectivity index (χ3n) is 3.90. The largest absolute Gasteiger partial charge is 0.444 e. The van der Waals surface area contributed by atoms with Crippen LogP contribution in [0.2, 0.25) is 0 Å². The summed E-state index contributed by atoms with van der Waals surface area (Å²) in [4.78, 5) is 26.5. The van der Waals surface area contributed by atoms with Gasteiger partial charge in [0.15, 0.2) is 0 Å². The number of halogens is 2. The standard InChI is InChI=1S/C17H23F2N3O3/c1-10-9-21(5-6-22(10)16(24)25-17(2,3)4)14-8-12(18)11(15(20)23)7-13(14)19/h7-8,10H,5-6,9H2,1-4H3,(H2,20,23). The maximum Gasteiger partial charge on any atom is 0.410 e. The fourth-order valence-electron chi connectivity index (χ4n) is 2.74. The summed E-state index contributed by atoms with van der Waals surface area (Å²) in [6.07, 6.45) is -0.435. The number of piperazine rings is 1. The first kappa shape index (κ1) is 19.0. The second-order valence-electron chi connectivity index (χ2n) is 7.12. The average Bonchev–Trinajstić information content (AvgIpc) is 2.46. The van der Waals surface area contributed by atoms with Crippen molar-refractivity contribution in [3.63, 3.8) is 0 Å². The number of carbonyl (C=O) groups excluding carboxylic acids is 2. The molecule has 2 amide bonds. The van der Waals surface area contributed by atoms with Crippen LogP contribution in [0.15, 0.2) is 12.1 Å². The predicted molar refractivity (Wildman–Crippen MR) is 89.5 cm³/mol. The lowest BCUT2D eigenvalue weighted by Crippen LogP contribution is -2.55. The third-order valence-corrected chi connectivity index (χ3v) is 3.90. The van der Waals surface area contributed by atoms with Gasteiger partial charge in [-0.05, 0) is 33.8 Å². The highest BCUT2D eigenvalue weighted by Gasteiger charge is 2.32. The Balaban J connectivity index is 2.14. The van der Waals surface area contributed by atoms with E-state index in [1.807, 2.05) is 6.92 Å². The molecule has 1 aliphatic rings. The predicted octanol–water partition coefficient (Wildman–Crippen LogP) is 2.51. The Kier molecular flexibility index (Phi) is 5.20. The molecule has 1 atom stereocenters. The van der Waals surface area contributed by atoms with Crippen LogP contribution in [-0.2, 0) is 4.74 Å². The van der Waals surface area contributed by atoms with E-state index in [4.69, 9.17) is 10.5 Å². The second kappa shape index (κ2) is 6.85. The van der Waals surface area contributed by atoms with E-state index in [2.05, 4.69) is 0 Å². The monoisotopic (exact) mass is 355 g/mol. The van der Waals surface area contributed by atoms with E-state index < -0.39 is 34.8 Å². The number of hydrogen-bond acceptors (Lipinski definition) is 4. The highest BCUT2D eigenvalue weighted by atomic mass is 19.1. The Bertz CT molecular complexity index is 688. The summed E-state index contributed by atoms with van der Waals surface area (Å²) in [5.41, 5.74) is 3.97. The van der Waals surface area contributed by atoms with Gasteiger partial charge < -0.3 is 20.3 Å². The van der Waals surface area contributed by atoms with Gasteiger partial charge in [0.1, 0.15) is 17.2 Å². The Morgan fingerprint density at radius 1 is 1.20 bits per heavy atom. The molecule has 2 rings (SSSR count). The lowest BCUT2D eigenvalue weighted by Gasteiger charge is -2.41. The fourth-order valence-corrected chi connectivity index (χ4v) is 2.74. The fraction of sp³-hybridized carbons (Fsp3) is 0.529. The van der Waals surface area contributed by atoms with Crippen molar-refractivity contribution >= 4 is 17.7 Å². The molecule has 1 aromatic rings. The van der Waals surface area contributed by atoms with E-state index in [0.717, 1.165) is 12.1 Å². The smallest absolute Gasteiger partial charge is 0.410 e. The Morgan fingerprint density at radius 2 is 1.84 bits per heavy atom. The van der Waals surface area contributed by atoms with Crippen molar-refractivity contribution in [1.29, 1.82) is 0 Å². The summed E-state index contributed by atoms with van der Waals surface area (Å²) < 4.78 is 33.6. The summed E-state index contributed by atoms with van der Waals surface area (Å²) in [5, 5.41) is 0. The van der Waals surface area contributed by atoms with Gasteiger partial charge in [0, 0.05) is 31.7 Å². The molecular weight excluding hydrogens is 332 g/mol. The van der Waals surface area contributed by atoms with E-state index in [0.29, 0.717) is 19.6 Å². The van der Waals surface area contributed by atoms with E-state index in [9.17, 15) is 18.4 Å². The summed E-state index contributed by atoms with van der Waals surface area (Å²) in [7, 11) is 0. The van der Waals surface area contributed by atoms with Gasteiger partial charge >= 0.3 is 6.09 Å². The van der Waals surface area contributed by atoms with Crippen molar-refractivity contribution in [2.75, 3.05) is 24.5 Å². The molecule has 1 heterocycles. The van der Waals surface area contributed by atoms with Crippen molar-refractivity contribution in [2.45, 2.75) is 39.3 Å². The van der Waals surface area contributed by atoms with Crippen molar-refractivity contribution in [3.05, 3.63) is 29.3 Å². The number of primary amides is 1. The highest BCUT2D eigenvalue weighted by molar-refractivity contribution is 5.93. The minimum atomic E-state index is -1.02. The van der Waals surface area contributed by atoms with Crippen molar-refractivity contribution in [3.8, 4) is 0 Å². The van der Waals surface area contributed by atoms with Gasteiger partial charge in [0.05, 0.1) is 11.3 Å². The quantitative estimate of drug-likeness (QED) is 0.884. The minimum Gasteiger partial charge on any atom is -0.444 e. The lowest BCUT2D eigenvalue weighted by atomic mass is 10.1. The number of ether oxygens (including phenoxy) is 1. The summed E-state index contributed by atoms with van der Waals surface area (Å²) in [6, 6.07) is 1.52. The minimum absolute atomic E-state index is 0.0400. The molecule has 6 nitrogen and oxygen atoms in total. The molecule has 0 bridgehead atoms. The van der Waals surface area contributed by atoms with Gasteiger partial charge in [0.25, 0.3) is 5.91 Å². The molecule has 1 saturated heterocycles. The van der Waals surface area contributed by atoms with E-state index in [-0.39, 0.29) is 11.7 Å². The maximum atomic E-state index is 14.3. The number of nitrogens with two attached hydrogens (primary N) is 1. The van der Waals surface area contributed by atoms with E-state index in [1.165, 1.54) is 0 Å². The van der Waals surface area contributed by atoms with Crippen molar-refractivity contribution in [2.24, 2.45) is 5.73 Å². The molecular formula is C17H23F2N3O3. The third kappa shape index (κ3) is 4.37. The van der Waals surface area contributed by atoms with E-state index >= 15 is 0 Å². The number of rotatable bonds is 2. The van der Waals surface area contributed by atoms with Crippen LogP contribution in [0, 0.1) is 11.6 Å². The Labute approximate surface area is 145 Å². The zero-order valence-electron chi connectivity index (χ0n) is 14.8. The van der Waals surface area contributed by atoms with Gasteiger partial charge in [-0.3, -0.25) is 4.79 Å². The molecule has 0 saturated carbocycles. The molecule has 1 unspecified atom stereocenters. The zero-order valence-corrected chi connectivity index (χ0v) is 14.8. The van der Waals surface area contributed by atoms with Gasteiger partial charge in [-0.15, -0.1) is 0 Å². The van der Waals surface area contributed by atoms with Crippen LogP contribution in [-0.4, -0.2) is 48.2 Å². The first-order valence-corrected chi connectivity index (χ1v) is 8.03. The molecule has 0 aliphatic carbocycles. The van der Waals surface area contributed by atoms with Gasteiger partial charge in [0.2, 0.25) is 0 Å². The first-order chi connectivity index (χ1) is 11.5. The zero-order chi connectivity index (χ0) is 18.9. The topological polar surface area (TPSA) is 75.9 Å². The number of nitrogens with zero attached hydrogens (tertiary/aromatic N) is 2. The SMILES string of the molecule is CC1CN(c2cc(F)c(C(N)=O)cc2F)CCN1C(=O)OC(C)(C)C. The molecule has 25 heavy (non-hydrogen) atoms. The molecule has 0 radical (unpaired) electrons. The number of carbonyl (C=O) groups is 2. The Morgan fingerprint density at radius 3 is 2.36 bits per heavy atom. The van der Waals surface area contributed by atoms with Crippen LogP contribution in [0.25, 0.3) is 0 Å². The summed E-state index contributed by atoms with van der Waals surface area (Å²) >= 11 is 0. The lowest BCUT2D eigenvalue weighted by molar-refractivity contribution is 0.0158. The molecule has 1 fully saturated rings. The van der Waals surface area contributed by atoms with Crippen LogP contribution in [0.1, 0.15) is 38.1 Å². The van der Waals surface area contributed by atoms with E-state index in [1.54, 1.807) is 30.6 Å². The van der Waals surface area contributed by atoms with Crippen LogP contribution >= 0.6 is 0 Å². The molecule has 0 aromatic heterocycles. The van der Waals surface area contributed by atoms with Crippen LogP contribution < -0.4 is 10.6 Å². The maximum absolute atomic E-state index is 14.3. The van der Waals surface area contributed by atoms with Crippen LogP contribution in [0.3, 0.4) is 0 Å². The second-order valence-corrected chi connectivity index (χ2v) is 7.12. The van der Waals surface area contributed by atoms with Crippen LogP contribution in [0.5, 0.6) is 0 Å². The molecule has 0 spiro atoms. The summed E-state index contributed by atoms with van der Waals surface area (Å²) in [6.45, 7) is 8.09. The normalized spacial score (nSPS) is 18.2. The number of anilines is 1. The van der Waals surface area contributed by atoms with Crippen LogP contribution in [0.4, 0.5) is 19.3 Å². The first-order valence-electron chi connectivity index (χ1n) is 8.03. The molecule has 138 valence electrons. The van der Waals surface area contributed by atoms with Crippen molar-refractivity contribution < 1.29 is 23.1 Å². The van der Waals surface area contributed by atoms with Gasteiger partial charge in [-0.1, -0.05) is 0 Å². The molecule has 1 aliphatic heterocycles. The van der Waals surface area contributed by atoms with Gasteiger partial charge in [-0.2, -0.15) is 0 Å². The number of amides is 2. The Hall–Kier alpha value is -2.38. The summed E-state index contributed by atoms with van der Waals surface area (Å²) in [5.74, 6) is -2.62. The highest BCUT2D eigenvalue weighted by Crippen LogP contribution is 2.26. The number of hydrogen-bond donors (Lipinski definition) is 1. The average molecular weight is 355 g/mol.